The van der Waals surface area contributed by atoms with E-state index in [-0.39, 0.29) is 5.54 Å². The molecule has 0 spiro atoms. The van der Waals surface area contributed by atoms with Crippen molar-refractivity contribution in [2.75, 3.05) is 6.54 Å². The summed E-state index contributed by atoms with van der Waals surface area (Å²) in [6.07, 6.45) is 2.34. The molecule has 3 nitrogen and oxygen atoms in total. The molecule has 1 aliphatic rings. The van der Waals surface area contributed by atoms with Crippen molar-refractivity contribution in [2.45, 2.75) is 46.3 Å². The number of hydrazone groups is 1. The van der Waals surface area contributed by atoms with E-state index in [2.05, 4.69) is 49.6 Å². The molecule has 1 aliphatic heterocycles. The van der Waals surface area contributed by atoms with Gasteiger partial charge in [-0.05, 0) is 34.6 Å². The van der Waals surface area contributed by atoms with Gasteiger partial charge in [0.25, 0.3) is 0 Å². The lowest BCUT2D eigenvalue weighted by Gasteiger charge is -2.36. The first-order chi connectivity index (χ1) is 5.46. The zero-order valence-corrected chi connectivity index (χ0v) is 8.70. The van der Waals surface area contributed by atoms with E-state index in [1.54, 1.807) is 0 Å². The minimum atomic E-state index is 0.173. The fraction of sp³-hybridized carbons (Fsp3) is 0.889. The molecule has 0 aromatic heterocycles. The summed E-state index contributed by atoms with van der Waals surface area (Å²) in [6.45, 7) is 11.9. The second-order valence-electron chi connectivity index (χ2n) is 4.20. The van der Waals surface area contributed by atoms with Crippen LogP contribution < -0.4 is 0 Å². The summed E-state index contributed by atoms with van der Waals surface area (Å²) in [7, 11) is 0. The summed E-state index contributed by atoms with van der Waals surface area (Å²) in [6, 6.07) is 0. The van der Waals surface area contributed by atoms with E-state index < -0.39 is 0 Å². The normalized spacial score (nSPS) is 23.9. The maximum Gasteiger partial charge on any atom is 0.116 e. The van der Waals surface area contributed by atoms with Crippen molar-refractivity contribution >= 4 is 6.34 Å². The van der Waals surface area contributed by atoms with Crippen LogP contribution in [0.3, 0.4) is 0 Å². The fourth-order valence-electron chi connectivity index (χ4n) is 1.54. The van der Waals surface area contributed by atoms with Crippen molar-refractivity contribution in [3.8, 4) is 0 Å². The van der Waals surface area contributed by atoms with Gasteiger partial charge in [-0.2, -0.15) is 5.10 Å². The summed E-state index contributed by atoms with van der Waals surface area (Å²) >= 11 is 0. The van der Waals surface area contributed by atoms with E-state index in [1.165, 1.54) is 0 Å². The predicted molar refractivity (Wildman–Crippen MR) is 51.9 cm³/mol. The summed E-state index contributed by atoms with van der Waals surface area (Å²) in [5.41, 5.74) is 0.173. The molecule has 1 heterocycles. The van der Waals surface area contributed by atoms with Crippen LogP contribution in [0.15, 0.2) is 5.10 Å². The molecule has 1 rings (SSSR count). The van der Waals surface area contributed by atoms with E-state index in [4.69, 9.17) is 0 Å². The molecule has 0 saturated heterocycles. The summed E-state index contributed by atoms with van der Waals surface area (Å²) < 4.78 is 0. The summed E-state index contributed by atoms with van der Waals surface area (Å²) in [5.74, 6) is 0. The van der Waals surface area contributed by atoms with Gasteiger partial charge in [0.1, 0.15) is 12.5 Å². The molecule has 0 radical (unpaired) electrons. The van der Waals surface area contributed by atoms with Gasteiger partial charge in [0.15, 0.2) is 0 Å². The third kappa shape index (κ3) is 1.54. The molecule has 1 unspecified atom stereocenters. The molecule has 0 aliphatic carbocycles. The number of hydrogen-bond donors (Lipinski definition) is 0. The molecule has 70 valence electrons. The second kappa shape index (κ2) is 2.96. The van der Waals surface area contributed by atoms with Crippen molar-refractivity contribution in [1.82, 2.24) is 9.91 Å². The Morgan fingerprint density at radius 1 is 1.42 bits per heavy atom. The average Bonchev–Trinajstić information content (AvgIpc) is 2.29. The van der Waals surface area contributed by atoms with E-state index >= 15 is 0 Å². The quantitative estimate of drug-likeness (QED) is 0.595. The molecule has 0 aromatic rings. The Balaban J connectivity index is 2.68. The van der Waals surface area contributed by atoms with Crippen LogP contribution in [0.5, 0.6) is 0 Å². The highest BCUT2D eigenvalue weighted by atomic mass is 15.6. The van der Waals surface area contributed by atoms with Gasteiger partial charge in [-0.3, -0.25) is 5.01 Å². The molecular weight excluding hydrogens is 150 g/mol. The average molecular weight is 169 g/mol. The predicted octanol–water partition coefficient (Wildman–Crippen LogP) is 1.71. The molecule has 0 N–H and O–H groups in total. The van der Waals surface area contributed by atoms with Crippen LogP contribution in [0.25, 0.3) is 0 Å². The van der Waals surface area contributed by atoms with E-state index in [0.717, 1.165) is 6.54 Å². The Bertz CT molecular complexity index is 181. The molecule has 12 heavy (non-hydrogen) atoms. The van der Waals surface area contributed by atoms with Crippen LogP contribution in [-0.4, -0.2) is 34.5 Å². The highest BCUT2D eigenvalue weighted by Gasteiger charge is 2.30. The number of rotatable bonds is 1. The van der Waals surface area contributed by atoms with Crippen LogP contribution in [0, 0.1) is 0 Å². The van der Waals surface area contributed by atoms with Crippen LogP contribution in [0.4, 0.5) is 0 Å². The molecule has 0 amide bonds. The fourth-order valence-corrected chi connectivity index (χ4v) is 1.54. The Hall–Kier alpha value is -0.730. The van der Waals surface area contributed by atoms with E-state index in [9.17, 15) is 0 Å². The van der Waals surface area contributed by atoms with Gasteiger partial charge in [0.05, 0.1) is 0 Å². The summed E-state index contributed by atoms with van der Waals surface area (Å²) in [5, 5.41) is 6.41. The molecule has 3 heteroatoms. The zero-order valence-electron chi connectivity index (χ0n) is 8.70. The Labute approximate surface area is 75.0 Å². The highest BCUT2D eigenvalue weighted by Crippen LogP contribution is 2.21. The minimum Gasteiger partial charge on any atom is -0.335 e. The van der Waals surface area contributed by atoms with Crippen LogP contribution in [0.2, 0.25) is 0 Å². The van der Waals surface area contributed by atoms with Gasteiger partial charge < -0.3 is 4.90 Å². The molecular formula is C9H19N3. The van der Waals surface area contributed by atoms with E-state index in [1.807, 2.05) is 6.34 Å². The maximum atomic E-state index is 4.32. The largest absolute Gasteiger partial charge is 0.335 e. The molecule has 0 fully saturated rings. The number of nitrogens with zero attached hydrogens (tertiary/aromatic N) is 3. The SMILES string of the molecule is CCN1N=CN(C(C)(C)C)C1C. The molecule has 0 bridgehead atoms. The lowest BCUT2D eigenvalue weighted by molar-refractivity contribution is 0.0936. The van der Waals surface area contributed by atoms with Crippen LogP contribution in [0.1, 0.15) is 34.6 Å². The zero-order chi connectivity index (χ0) is 9.35. The van der Waals surface area contributed by atoms with Gasteiger partial charge in [0, 0.05) is 12.1 Å². The van der Waals surface area contributed by atoms with Gasteiger partial charge in [-0.15, -0.1) is 0 Å². The first kappa shape index (κ1) is 9.36. The standard InChI is InChI=1S/C9H19N3/c1-6-12-8(2)11(7-10-12)9(3,4)5/h7-8H,6H2,1-5H3. The smallest absolute Gasteiger partial charge is 0.116 e. The lowest BCUT2D eigenvalue weighted by atomic mass is 10.1. The lowest BCUT2D eigenvalue weighted by Crippen LogP contribution is -2.47. The van der Waals surface area contributed by atoms with Crippen LogP contribution >= 0.6 is 0 Å². The second-order valence-corrected chi connectivity index (χ2v) is 4.20. The topological polar surface area (TPSA) is 18.8 Å². The van der Waals surface area contributed by atoms with Crippen molar-refractivity contribution in [3.63, 3.8) is 0 Å². The van der Waals surface area contributed by atoms with E-state index in [0.29, 0.717) is 6.17 Å². The number of hydrogen-bond acceptors (Lipinski definition) is 3. The first-order valence-corrected chi connectivity index (χ1v) is 4.56. The van der Waals surface area contributed by atoms with Crippen molar-refractivity contribution < 1.29 is 0 Å². The highest BCUT2D eigenvalue weighted by molar-refractivity contribution is 5.58. The first-order valence-electron chi connectivity index (χ1n) is 4.56. The van der Waals surface area contributed by atoms with Crippen molar-refractivity contribution in [3.05, 3.63) is 0 Å². The van der Waals surface area contributed by atoms with Gasteiger partial charge in [-0.1, -0.05) is 0 Å². The van der Waals surface area contributed by atoms with Crippen molar-refractivity contribution in [1.29, 1.82) is 0 Å². The Morgan fingerprint density at radius 3 is 2.25 bits per heavy atom. The van der Waals surface area contributed by atoms with Gasteiger partial charge in [0.2, 0.25) is 0 Å². The third-order valence-corrected chi connectivity index (χ3v) is 2.26. The monoisotopic (exact) mass is 169 g/mol. The minimum absolute atomic E-state index is 0.173. The third-order valence-electron chi connectivity index (χ3n) is 2.26. The Kier molecular flexibility index (Phi) is 2.31. The van der Waals surface area contributed by atoms with Gasteiger partial charge in [-0.25, -0.2) is 0 Å². The van der Waals surface area contributed by atoms with Crippen molar-refractivity contribution in [2.24, 2.45) is 5.10 Å². The maximum absolute atomic E-state index is 4.32. The van der Waals surface area contributed by atoms with Gasteiger partial charge >= 0.3 is 0 Å². The summed E-state index contributed by atoms with van der Waals surface area (Å²) in [4.78, 5) is 2.27. The van der Waals surface area contributed by atoms with Crippen LogP contribution in [-0.2, 0) is 0 Å². The molecule has 1 atom stereocenters. The molecule has 0 saturated carbocycles. The molecule has 0 aromatic carbocycles. The Morgan fingerprint density at radius 2 is 2.00 bits per heavy atom.